The Labute approximate surface area is 215 Å². The Bertz CT molecular complexity index is 1330. The lowest BCUT2D eigenvalue weighted by Crippen LogP contribution is -2.72. The van der Waals surface area contributed by atoms with Crippen molar-refractivity contribution >= 4 is 33.8 Å². The van der Waals surface area contributed by atoms with E-state index in [2.05, 4.69) is 6.07 Å². The third-order valence-electron chi connectivity index (χ3n) is 8.67. The predicted octanol–water partition coefficient (Wildman–Crippen LogP) is 1.86. The number of nitriles is 1. The van der Waals surface area contributed by atoms with E-state index in [4.69, 9.17) is 13.7 Å². The van der Waals surface area contributed by atoms with E-state index >= 15 is 0 Å². The molecule has 37 heavy (non-hydrogen) atoms. The molecule has 0 N–H and O–H groups in total. The average molecular weight is 532 g/mol. The molecule has 3 saturated heterocycles. The van der Waals surface area contributed by atoms with E-state index in [1.165, 1.54) is 12.0 Å². The summed E-state index contributed by atoms with van der Waals surface area (Å²) in [6.07, 6.45) is -0.178. The fraction of sp³-hybridized carbons (Fsp3) is 0.600. The van der Waals surface area contributed by atoms with Crippen molar-refractivity contribution in [3.63, 3.8) is 0 Å². The van der Waals surface area contributed by atoms with E-state index in [1.807, 2.05) is 0 Å². The molecule has 198 valence electrons. The molecule has 4 fully saturated rings. The number of para-hydroxylation sites is 1. The molecule has 4 heterocycles. The molecule has 1 aromatic rings. The standard InChI is InChI=1S/C25H29N3O8S/c1-4-35-21(30)17-13-23-9-10-25(17)24(15-26,16-7-5-6-8-18(16)28(25)22(31)34-2)11-12-27(23)20(29)19(14-23)36-37(3,32)33/h5-8,17,19H,4,9-14H2,1-3H3/t17?,19?,23-,24+,25?/m1/s1. The normalized spacial score (nSPS) is 34.1. The Morgan fingerprint density at radius 2 is 1.92 bits per heavy atom. The molecule has 6 rings (SSSR count). The third kappa shape index (κ3) is 3.33. The van der Waals surface area contributed by atoms with Crippen molar-refractivity contribution in [2.45, 2.75) is 61.6 Å². The average Bonchev–Trinajstić information content (AvgIpc) is 3.22. The number of esters is 1. The van der Waals surface area contributed by atoms with E-state index in [1.54, 1.807) is 36.1 Å². The van der Waals surface area contributed by atoms with Crippen LogP contribution in [0, 0.1) is 17.2 Å². The number of carbonyl (C=O) groups is 3. The maximum absolute atomic E-state index is 13.7. The number of methoxy groups -OCH3 is 1. The van der Waals surface area contributed by atoms with Gasteiger partial charge < -0.3 is 14.4 Å². The second kappa shape index (κ2) is 8.43. The van der Waals surface area contributed by atoms with Crippen LogP contribution in [-0.2, 0) is 38.8 Å². The molecule has 1 saturated carbocycles. The van der Waals surface area contributed by atoms with Gasteiger partial charge in [0.15, 0.2) is 6.10 Å². The van der Waals surface area contributed by atoms with Crippen molar-refractivity contribution in [3.8, 4) is 6.07 Å². The largest absolute Gasteiger partial charge is 0.466 e. The van der Waals surface area contributed by atoms with E-state index in [9.17, 15) is 28.1 Å². The van der Waals surface area contributed by atoms with Gasteiger partial charge in [-0.1, -0.05) is 18.2 Å². The molecule has 1 aliphatic carbocycles. The van der Waals surface area contributed by atoms with Gasteiger partial charge in [0, 0.05) is 18.5 Å². The summed E-state index contributed by atoms with van der Waals surface area (Å²) in [6, 6.07) is 9.52. The van der Waals surface area contributed by atoms with Crippen LogP contribution in [0.1, 0.15) is 44.6 Å². The van der Waals surface area contributed by atoms with Gasteiger partial charge in [0.05, 0.1) is 43.2 Å². The smallest absolute Gasteiger partial charge is 0.414 e. The molecule has 0 radical (unpaired) electrons. The summed E-state index contributed by atoms with van der Waals surface area (Å²) in [7, 11) is -2.66. The van der Waals surface area contributed by atoms with Gasteiger partial charge in [-0.3, -0.25) is 18.7 Å². The zero-order valence-corrected chi connectivity index (χ0v) is 21.7. The Kier molecular flexibility index (Phi) is 5.80. The Hall–Kier alpha value is -3.17. The summed E-state index contributed by atoms with van der Waals surface area (Å²) in [4.78, 5) is 43.6. The number of anilines is 1. The van der Waals surface area contributed by atoms with Gasteiger partial charge in [0.1, 0.15) is 5.41 Å². The van der Waals surface area contributed by atoms with Gasteiger partial charge in [0.25, 0.3) is 16.0 Å². The lowest BCUT2D eigenvalue weighted by atomic mass is 9.52. The van der Waals surface area contributed by atoms with Gasteiger partial charge in [-0.2, -0.15) is 13.7 Å². The first kappa shape index (κ1) is 25.5. The van der Waals surface area contributed by atoms with Gasteiger partial charge >= 0.3 is 12.1 Å². The number of amides is 2. The fourth-order valence-electron chi connectivity index (χ4n) is 7.43. The van der Waals surface area contributed by atoms with E-state index in [-0.39, 0.29) is 38.8 Å². The lowest BCUT2D eigenvalue weighted by Gasteiger charge is -2.59. The minimum atomic E-state index is -3.92. The quantitative estimate of drug-likeness (QED) is 0.420. The lowest BCUT2D eigenvalue weighted by molar-refractivity contribution is -0.160. The van der Waals surface area contributed by atoms with Crippen LogP contribution >= 0.6 is 0 Å². The number of fused-ring (bicyclic) bond motifs is 4. The van der Waals surface area contributed by atoms with Crippen LogP contribution in [0.25, 0.3) is 0 Å². The molecule has 12 heteroatoms. The molecular formula is C25H29N3O8S. The van der Waals surface area contributed by atoms with Crippen molar-refractivity contribution in [2.24, 2.45) is 5.92 Å². The van der Waals surface area contributed by atoms with E-state index < -0.39 is 56.6 Å². The van der Waals surface area contributed by atoms with Crippen LogP contribution in [0.3, 0.4) is 0 Å². The number of nitrogens with zero attached hydrogens (tertiary/aromatic N) is 3. The van der Waals surface area contributed by atoms with Crippen LogP contribution in [0.2, 0.25) is 0 Å². The second-order valence-corrected chi connectivity index (χ2v) is 11.8. The molecule has 2 amide bonds. The van der Waals surface area contributed by atoms with E-state index in [0.717, 1.165) is 6.26 Å². The first-order chi connectivity index (χ1) is 17.5. The van der Waals surface area contributed by atoms with Crippen molar-refractivity contribution < 1.29 is 36.5 Å². The molecule has 11 nitrogen and oxygen atoms in total. The van der Waals surface area contributed by atoms with Crippen molar-refractivity contribution in [1.82, 2.24) is 4.90 Å². The fourth-order valence-corrected chi connectivity index (χ4v) is 8.00. The van der Waals surface area contributed by atoms with Gasteiger partial charge in [-0.25, -0.2) is 4.79 Å². The maximum atomic E-state index is 13.7. The number of hydrogen-bond acceptors (Lipinski definition) is 9. The van der Waals surface area contributed by atoms with Crippen LogP contribution in [0.5, 0.6) is 0 Å². The number of carbonyl (C=O) groups excluding carboxylic acids is 3. The molecule has 4 aliphatic heterocycles. The van der Waals surface area contributed by atoms with Gasteiger partial charge in [0.2, 0.25) is 0 Å². The maximum Gasteiger partial charge on any atom is 0.414 e. The molecule has 2 spiro atoms. The first-order valence-electron chi connectivity index (χ1n) is 12.3. The summed E-state index contributed by atoms with van der Waals surface area (Å²) in [6.45, 7) is 1.90. The highest BCUT2D eigenvalue weighted by molar-refractivity contribution is 7.86. The Balaban J connectivity index is 1.74. The summed E-state index contributed by atoms with van der Waals surface area (Å²) in [5.41, 5.74) is -2.47. The molecule has 5 atom stereocenters. The van der Waals surface area contributed by atoms with Crippen molar-refractivity contribution in [2.75, 3.05) is 31.4 Å². The predicted molar refractivity (Wildman–Crippen MR) is 129 cm³/mol. The molecule has 2 bridgehead atoms. The molecule has 0 aromatic heterocycles. The highest BCUT2D eigenvalue weighted by Gasteiger charge is 2.74. The number of benzene rings is 1. The van der Waals surface area contributed by atoms with E-state index in [0.29, 0.717) is 17.7 Å². The van der Waals surface area contributed by atoms with Crippen LogP contribution < -0.4 is 4.90 Å². The molecular weight excluding hydrogens is 502 g/mol. The van der Waals surface area contributed by atoms with Crippen LogP contribution in [-0.4, -0.2) is 75.0 Å². The second-order valence-electron chi connectivity index (χ2n) is 10.2. The van der Waals surface area contributed by atoms with Gasteiger partial charge in [-0.05, 0) is 44.2 Å². The topological polar surface area (TPSA) is 143 Å². The minimum absolute atomic E-state index is 0.0790. The Morgan fingerprint density at radius 1 is 1.19 bits per heavy atom. The Morgan fingerprint density at radius 3 is 2.57 bits per heavy atom. The monoisotopic (exact) mass is 531 g/mol. The van der Waals surface area contributed by atoms with Crippen molar-refractivity contribution in [3.05, 3.63) is 29.8 Å². The highest BCUT2D eigenvalue weighted by atomic mass is 32.2. The third-order valence-corrected chi connectivity index (χ3v) is 9.26. The number of ether oxygens (including phenoxy) is 2. The summed E-state index contributed by atoms with van der Waals surface area (Å²) in [5.74, 6) is -2.05. The minimum Gasteiger partial charge on any atom is -0.466 e. The van der Waals surface area contributed by atoms with Crippen LogP contribution in [0.4, 0.5) is 10.5 Å². The summed E-state index contributed by atoms with van der Waals surface area (Å²) < 4.78 is 39.7. The number of hydrogen-bond donors (Lipinski definition) is 0. The molecule has 3 unspecified atom stereocenters. The first-order valence-corrected chi connectivity index (χ1v) is 14.1. The molecule has 5 aliphatic rings. The molecule has 1 aromatic carbocycles. The SMILES string of the molecule is CCOC(=O)C1C[C@@]23CCC14N(C(=O)OC)c1ccccc1[C@@]4(C#N)CCN2C(=O)C(OS(C)(=O)=O)C3. The summed E-state index contributed by atoms with van der Waals surface area (Å²) >= 11 is 0. The van der Waals surface area contributed by atoms with Gasteiger partial charge in [-0.15, -0.1) is 0 Å². The summed E-state index contributed by atoms with van der Waals surface area (Å²) in [5, 5.41) is 10.9. The zero-order valence-electron chi connectivity index (χ0n) is 20.9. The van der Waals surface area contributed by atoms with Crippen molar-refractivity contribution in [1.29, 1.82) is 5.26 Å². The zero-order chi connectivity index (χ0) is 26.8. The highest BCUT2D eigenvalue weighted by Crippen LogP contribution is 2.65. The van der Waals surface area contributed by atoms with Crippen LogP contribution in [0.15, 0.2) is 24.3 Å². The number of rotatable bonds is 4.